The Morgan fingerprint density at radius 2 is 1.84 bits per heavy atom. The molecule has 0 saturated heterocycles. The van der Waals surface area contributed by atoms with Crippen molar-refractivity contribution >= 4 is 29.5 Å². The second-order valence-electron chi connectivity index (χ2n) is 6.42. The van der Waals surface area contributed by atoms with E-state index in [1.54, 1.807) is 0 Å². The molecule has 6 nitrogen and oxygen atoms in total. The molecule has 0 aliphatic carbocycles. The monoisotopic (exact) mass is 366 g/mol. The van der Waals surface area contributed by atoms with Crippen LogP contribution in [0.2, 0.25) is 0 Å². The smallest absolute Gasteiger partial charge is 0.326 e. The molecule has 138 valence electrons. The molecule has 1 aromatic rings. The molecule has 0 spiro atoms. The maximum atomic E-state index is 11.9. The minimum atomic E-state index is -1.07. The van der Waals surface area contributed by atoms with Crippen LogP contribution in [0.3, 0.4) is 0 Å². The summed E-state index contributed by atoms with van der Waals surface area (Å²) in [5.41, 5.74) is 2.27. The Balaban J connectivity index is 2.39. The molecule has 0 aliphatic rings. The van der Waals surface area contributed by atoms with Gasteiger partial charge in [0.05, 0.1) is 12.3 Å². The van der Waals surface area contributed by atoms with Crippen LogP contribution in [0.5, 0.6) is 0 Å². The molecule has 0 radical (unpaired) electrons. The molecule has 0 aliphatic heterocycles. The van der Waals surface area contributed by atoms with Gasteiger partial charge < -0.3 is 15.7 Å². The van der Waals surface area contributed by atoms with Crippen LogP contribution in [0.15, 0.2) is 23.1 Å². The molecular weight excluding hydrogens is 340 g/mol. The molecule has 0 saturated carbocycles. The van der Waals surface area contributed by atoms with E-state index in [-0.39, 0.29) is 24.1 Å². The lowest BCUT2D eigenvalue weighted by Gasteiger charge is -2.16. The number of amides is 2. The van der Waals surface area contributed by atoms with Crippen molar-refractivity contribution in [1.82, 2.24) is 10.6 Å². The third kappa shape index (κ3) is 8.07. The van der Waals surface area contributed by atoms with E-state index >= 15 is 0 Å². The van der Waals surface area contributed by atoms with Crippen molar-refractivity contribution in [2.24, 2.45) is 5.92 Å². The number of aliphatic carboxylic acids is 1. The average molecular weight is 366 g/mol. The number of carboxylic acids is 1. The predicted molar refractivity (Wildman–Crippen MR) is 98.7 cm³/mol. The van der Waals surface area contributed by atoms with Crippen molar-refractivity contribution in [3.8, 4) is 0 Å². The summed E-state index contributed by atoms with van der Waals surface area (Å²) >= 11 is 1.40. The first-order chi connectivity index (χ1) is 11.7. The van der Waals surface area contributed by atoms with Gasteiger partial charge in [-0.05, 0) is 37.8 Å². The average Bonchev–Trinajstić information content (AvgIpc) is 2.51. The van der Waals surface area contributed by atoms with Crippen LogP contribution in [0.25, 0.3) is 0 Å². The van der Waals surface area contributed by atoms with E-state index in [1.807, 2.05) is 39.8 Å². The Morgan fingerprint density at radius 3 is 2.40 bits per heavy atom. The van der Waals surface area contributed by atoms with Crippen LogP contribution in [-0.2, 0) is 14.4 Å². The number of nitrogens with one attached hydrogen (secondary N) is 2. The van der Waals surface area contributed by atoms with Gasteiger partial charge in [0.2, 0.25) is 11.8 Å². The largest absolute Gasteiger partial charge is 0.480 e. The first-order valence-corrected chi connectivity index (χ1v) is 9.16. The Hall–Kier alpha value is -2.02. The molecule has 0 aromatic heterocycles. The third-order valence-corrected chi connectivity index (χ3v) is 4.65. The van der Waals surface area contributed by atoms with E-state index < -0.39 is 17.9 Å². The van der Waals surface area contributed by atoms with Gasteiger partial charge in [0.25, 0.3) is 0 Å². The summed E-state index contributed by atoms with van der Waals surface area (Å²) in [6.07, 6.45) is 0.345. The summed E-state index contributed by atoms with van der Waals surface area (Å²) in [6, 6.07) is 5.07. The van der Waals surface area contributed by atoms with Gasteiger partial charge in [-0.3, -0.25) is 9.59 Å². The molecule has 0 fully saturated rings. The SMILES string of the molecule is Cc1ccc(SCC(=O)NCC(=O)N[C@@H](CC(C)C)C(=O)O)c(C)c1. The highest BCUT2D eigenvalue weighted by Gasteiger charge is 2.21. The van der Waals surface area contributed by atoms with E-state index in [0.29, 0.717) is 6.42 Å². The van der Waals surface area contributed by atoms with Gasteiger partial charge >= 0.3 is 5.97 Å². The summed E-state index contributed by atoms with van der Waals surface area (Å²) in [4.78, 5) is 35.8. The first kappa shape index (κ1) is 21.0. The van der Waals surface area contributed by atoms with E-state index in [4.69, 9.17) is 5.11 Å². The second-order valence-corrected chi connectivity index (χ2v) is 7.44. The van der Waals surface area contributed by atoms with Crippen LogP contribution in [0, 0.1) is 19.8 Å². The standard InChI is InChI=1S/C18H26N2O4S/c1-11(2)7-14(18(23)24)20-16(21)9-19-17(22)10-25-15-6-5-12(3)8-13(15)4/h5-6,8,11,14H,7,9-10H2,1-4H3,(H,19,22)(H,20,21)(H,23,24)/t14-/m0/s1. The van der Waals surface area contributed by atoms with Crippen LogP contribution in [0.4, 0.5) is 0 Å². The lowest BCUT2D eigenvalue weighted by atomic mass is 10.0. The number of benzene rings is 1. The zero-order valence-corrected chi connectivity index (χ0v) is 15.9. The molecule has 7 heteroatoms. The van der Waals surface area contributed by atoms with Crippen molar-refractivity contribution < 1.29 is 19.5 Å². The molecule has 0 bridgehead atoms. The highest BCUT2D eigenvalue weighted by atomic mass is 32.2. The van der Waals surface area contributed by atoms with Gasteiger partial charge in [-0.25, -0.2) is 4.79 Å². The topological polar surface area (TPSA) is 95.5 Å². The molecule has 25 heavy (non-hydrogen) atoms. The first-order valence-electron chi connectivity index (χ1n) is 8.18. The number of hydrogen-bond donors (Lipinski definition) is 3. The van der Waals surface area contributed by atoms with Gasteiger partial charge in [0, 0.05) is 4.90 Å². The van der Waals surface area contributed by atoms with Crippen LogP contribution in [0.1, 0.15) is 31.4 Å². The maximum Gasteiger partial charge on any atom is 0.326 e. The number of thioether (sulfide) groups is 1. The van der Waals surface area contributed by atoms with E-state index in [1.165, 1.54) is 11.8 Å². The molecule has 2 amide bonds. The third-order valence-electron chi connectivity index (χ3n) is 3.48. The van der Waals surface area contributed by atoms with Crippen LogP contribution < -0.4 is 10.6 Å². The molecular formula is C18H26N2O4S. The van der Waals surface area contributed by atoms with Gasteiger partial charge in [-0.1, -0.05) is 31.5 Å². The number of aryl methyl sites for hydroxylation is 2. The fraction of sp³-hybridized carbons (Fsp3) is 0.500. The Labute approximate surface area is 152 Å². The molecule has 1 rings (SSSR count). The van der Waals surface area contributed by atoms with Crippen molar-refractivity contribution in [2.45, 2.75) is 45.1 Å². The Kier molecular flexibility index (Phi) is 8.48. The zero-order chi connectivity index (χ0) is 19.0. The summed E-state index contributed by atoms with van der Waals surface area (Å²) in [6.45, 7) is 7.54. The number of rotatable bonds is 9. The summed E-state index contributed by atoms with van der Waals surface area (Å²) in [5.74, 6) is -1.50. The second kappa shape index (κ2) is 10.1. The van der Waals surface area contributed by atoms with Gasteiger partial charge in [0.15, 0.2) is 0 Å². The Morgan fingerprint density at radius 1 is 1.16 bits per heavy atom. The Bertz CT molecular complexity index is 632. The highest BCUT2D eigenvalue weighted by Crippen LogP contribution is 2.22. The number of carbonyl (C=O) groups is 3. The lowest BCUT2D eigenvalue weighted by molar-refractivity contribution is -0.142. The van der Waals surface area contributed by atoms with E-state index in [0.717, 1.165) is 16.0 Å². The van der Waals surface area contributed by atoms with Crippen LogP contribution in [-0.4, -0.2) is 41.2 Å². The number of carboxylic acid groups (broad SMARTS) is 1. The van der Waals surface area contributed by atoms with Gasteiger partial charge in [0.1, 0.15) is 6.04 Å². The lowest BCUT2D eigenvalue weighted by Crippen LogP contribution is -2.46. The number of hydrogen-bond acceptors (Lipinski definition) is 4. The minimum absolute atomic E-state index is 0.144. The van der Waals surface area contributed by atoms with Gasteiger partial charge in [-0.2, -0.15) is 0 Å². The van der Waals surface area contributed by atoms with Crippen molar-refractivity contribution in [2.75, 3.05) is 12.3 Å². The van der Waals surface area contributed by atoms with Crippen molar-refractivity contribution in [1.29, 1.82) is 0 Å². The predicted octanol–water partition coefficient (Wildman–Crippen LogP) is 2.13. The zero-order valence-electron chi connectivity index (χ0n) is 15.1. The number of carbonyl (C=O) groups excluding carboxylic acids is 2. The van der Waals surface area contributed by atoms with Gasteiger partial charge in [-0.15, -0.1) is 11.8 Å². The quantitative estimate of drug-likeness (QED) is 0.582. The fourth-order valence-electron chi connectivity index (χ4n) is 2.27. The molecule has 1 aromatic carbocycles. The van der Waals surface area contributed by atoms with E-state index in [2.05, 4.69) is 16.7 Å². The molecule has 0 unspecified atom stereocenters. The van der Waals surface area contributed by atoms with Crippen LogP contribution >= 0.6 is 11.8 Å². The summed E-state index contributed by atoms with van der Waals surface area (Å²) in [7, 11) is 0. The summed E-state index contributed by atoms with van der Waals surface area (Å²) in [5, 5.41) is 14.0. The minimum Gasteiger partial charge on any atom is -0.480 e. The van der Waals surface area contributed by atoms with Crippen molar-refractivity contribution in [3.05, 3.63) is 29.3 Å². The fourth-order valence-corrected chi connectivity index (χ4v) is 3.11. The maximum absolute atomic E-state index is 11.9. The van der Waals surface area contributed by atoms with Crippen molar-refractivity contribution in [3.63, 3.8) is 0 Å². The molecule has 0 heterocycles. The molecule has 3 N–H and O–H groups in total. The van der Waals surface area contributed by atoms with E-state index in [9.17, 15) is 14.4 Å². The summed E-state index contributed by atoms with van der Waals surface area (Å²) < 4.78 is 0. The normalized spacial score (nSPS) is 11.9. The highest BCUT2D eigenvalue weighted by molar-refractivity contribution is 8.00. The molecule has 1 atom stereocenters.